The molecule has 1 aromatic carbocycles. The van der Waals surface area contributed by atoms with E-state index in [4.69, 9.17) is 9.47 Å². The summed E-state index contributed by atoms with van der Waals surface area (Å²) in [7, 11) is 1.63. The van der Waals surface area contributed by atoms with E-state index in [-0.39, 0.29) is 6.10 Å². The molecule has 0 radical (unpaired) electrons. The minimum Gasteiger partial charge on any atom is -0.496 e. The van der Waals surface area contributed by atoms with E-state index in [1.807, 2.05) is 31.2 Å². The highest BCUT2D eigenvalue weighted by atomic mass is 16.5. The number of fused-ring (bicyclic) bond motifs is 1. The van der Waals surface area contributed by atoms with Gasteiger partial charge in [-0.3, -0.25) is 4.98 Å². The minimum atomic E-state index is -0.632. The second kappa shape index (κ2) is 5.74. The molecule has 21 heavy (non-hydrogen) atoms. The molecule has 0 spiro atoms. The Morgan fingerprint density at radius 1 is 1.38 bits per heavy atom. The molecule has 4 heteroatoms. The van der Waals surface area contributed by atoms with Crippen molar-refractivity contribution in [1.82, 2.24) is 4.98 Å². The summed E-state index contributed by atoms with van der Waals surface area (Å²) in [5.74, 6) is 1.57. The molecule has 2 aromatic rings. The molecule has 3 rings (SSSR count). The lowest BCUT2D eigenvalue weighted by molar-refractivity contribution is 0.173. The summed E-state index contributed by atoms with van der Waals surface area (Å²) < 4.78 is 11.2. The number of aromatic nitrogens is 1. The highest BCUT2D eigenvalue weighted by Gasteiger charge is 2.24. The number of hydrogen-bond donors (Lipinski definition) is 1. The van der Waals surface area contributed by atoms with Crippen molar-refractivity contribution in [3.63, 3.8) is 0 Å². The summed E-state index contributed by atoms with van der Waals surface area (Å²) >= 11 is 0. The first kappa shape index (κ1) is 13.9. The fraction of sp³-hybridized carbons (Fsp3) is 0.353. The normalized spacial score (nSPS) is 18.0. The average Bonchev–Trinajstić information content (AvgIpc) is 2.85. The van der Waals surface area contributed by atoms with Crippen LogP contribution in [-0.4, -0.2) is 23.3 Å². The molecule has 4 nitrogen and oxygen atoms in total. The van der Waals surface area contributed by atoms with Gasteiger partial charge in [-0.25, -0.2) is 0 Å². The third-order valence-corrected chi connectivity index (χ3v) is 3.79. The van der Waals surface area contributed by atoms with E-state index in [2.05, 4.69) is 4.98 Å². The van der Waals surface area contributed by atoms with Crippen molar-refractivity contribution in [3.8, 4) is 11.5 Å². The molecule has 0 bridgehead atoms. The van der Waals surface area contributed by atoms with Gasteiger partial charge in [0, 0.05) is 36.4 Å². The Morgan fingerprint density at radius 3 is 2.86 bits per heavy atom. The molecule has 110 valence electrons. The molecule has 0 saturated carbocycles. The van der Waals surface area contributed by atoms with E-state index in [1.165, 1.54) is 0 Å². The minimum absolute atomic E-state index is 0.178. The van der Waals surface area contributed by atoms with Crippen LogP contribution < -0.4 is 9.47 Å². The zero-order valence-corrected chi connectivity index (χ0v) is 12.2. The number of aliphatic hydroxyl groups is 1. The van der Waals surface area contributed by atoms with E-state index in [0.717, 1.165) is 28.9 Å². The van der Waals surface area contributed by atoms with Crippen LogP contribution in [0.1, 0.15) is 29.7 Å². The largest absolute Gasteiger partial charge is 0.496 e. The lowest BCUT2D eigenvalue weighted by atomic mass is 9.98. The number of aliphatic hydroxyl groups excluding tert-OH is 1. The Kier molecular flexibility index (Phi) is 3.80. The third-order valence-electron chi connectivity index (χ3n) is 3.79. The Labute approximate surface area is 124 Å². The first-order valence-corrected chi connectivity index (χ1v) is 7.12. The standard InChI is InChI=1S/C17H19NO3/c1-11-7-13-9-17(20-2)14(10-16(13)21-11)15(19)8-12-3-5-18-6-4-12/h3-6,9-11,15,19H,7-8H2,1-2H3. The number of methoxy groups -OCH3 is 1. The molecule has 1 N–H and O–H groups in total. The number of nitrogens with zero attached hydrogens (tertiary/aromatic N) is 1. The predicted molar refractivity (Wildman–Crippen MR) is 79.7 cm³/mol. The third kappa shape index (κ3) is 2.85. The van der Waals surface area contributed by atoms with E-state index in [9.17, 15) is 5.11 Å². The summed E-state index contributed by atoms with van der Waals surface area (Å²) in [5, 5.41) is 10.5. The van der Waals surface area contributed by atoms with Crippen molar-refractivity contribution in [2.24, 2.45) is 0 Å². The second-order valence-electron chi connectivity index (χ2n) is 5.41. The maximum Gasteiger partial charge on any atom is 0.125 e. The summed E-state index contributed by atoms with van der Waals surface area (Å²) in [6.07, 6.45) is 4.41. The quantitative estimate of drug-likeness (QED) is 0.938. The van der Waals surface area contributed by atoms with Gasteiger partial charge in [0.05, 0.1) is 13.2 Å². The molecule has 2 unspecified atom stereocenters. The summed E-state index contributed by atoms with van der Waals surface area (Å²) in [6, 6.07) is 7.69. The molecule has 2 atom stereocenters. The van der Waals surface area contributed by atoms with Crippen LogP contribution in [0.5, 0.6) is 11.5 Å². The lowest BCUT2D eigenvalue weighted by Crippen LogP contribution is -2.06. The fourth-order valence-corrected chi connectivity index (χ4v) is 2.74. The van der Waals surface area contributed by atoms with E-state index < -0.39 is 6.10 Å². The van der Waals surface area contributed by atoms with E-state index >= 15 is 0 Å². The average molecular weight is 285 g/mol. The Morgan fingerprint density at radius 2 is 2.14 bits per heavy atom. The van der Waals surface area contributed by atoms with Gasteiger partial charge in [-0.15, -0.1) is 0 Å². The monoisotopic (exact) mass is 285 g/mol. The first-order valence-electron chi connectivity index (χ1n) is 7.12. The van der Waals surface area contributed by atoms with Gasteiger partial charge in [0.25, 0.3) is 0 Å². The maximum atomic E-state index is 10.5. The van der Waals surface area contributed by atoms with Crippen molar-refractivity contribution in [2.75, 3.05) is 7.11 Å². The van der Waals surface area contributed by atoms with Gasteiger partial charge in [-0.1, -0.05) is 0 Å². The van der Waals surface area contributed by atoms with Crippen LogP contribution in [0.15, 0.2) is 36.7 Å². The first-order chi connectivity index (χ1) is 10.2. The van der Waals surface area contributed by atoms with Crippen molar-refractivity contribution in [3.05, 3.63) is 53.3 Å². The van der Waals surface area contributed by atoms with Crippen molar-refractivity contribution in [1.29, 1.82) is 0 Å². The molecular formula is C17H19NO3. The van der Waals surface area contributed by atoms with Gasteiger partial charge < -0.3 is 14.6 Å². The van der Waals surface area contributed by atoms with Crippen LogP contribution in [0.3, 0.4) is 0 Å². The highest BCUT2D eigenvalue weighted by Crippen LogP contribution is 2.38. The van der Waals surface area contributed by atoms with E-state index in [1.54, 1.807) is 19.5 Å². The van der Waals surface area contributed by atoms with Crippen LogP contribution in [0.2, 0.25) is 0 Å². The smallest absolute Gasteiger partial charge is 0.125 e. The number of hydrogen-bond acceptors (Lipinski definition) is 4. The van der Waals surface area contributed by atoms with Crippen LogP contribution in [-0.2, 0) is 12.8 Å². The zero-order valence-electron chi connectivity index (χ0n) is 12.2. The second-order valence-corrected chi connectivity index (χ2v) is 5.41. The van der Waals surface area contributed by atoms with Crippen molar-refractivity contribution >= 4 is 0 Å². The number of rotatable bonds is 4. The van der Waals surface area contributed by atoms with Crippen molar-refractivity contribution < 1.29 is 14.6 Å². The SMILES string of the molecule is COc1cc2c(cc1C(O)Cc1ccncc1)OC(C)C2. The predicted octanol–water partition coefficient (Wildman–Crippen LogP) is 2.69. The maximum absolute atomic E-state index is 10.5. The molecule has 0 amide bonds. The summed E-state index contributed by atoms with van der Waals surface area (Å²) in [5.41, 5.74) is 2.94. The van der Waals surface area contributed by atoms with Crippen LogP contribution in [0.4, 0.5) is 0 Å². The summed E-state index contributed by atoms with van der Waals surface area (Å²) in [6.45, 7) is 2.04. The molecule has 1 aliphatic rings. The van der Waals surface area contributed by atoms with Crippen LogP contribution >= 0.6 is 0 Å². The highest BCUT2D eigenvalue weighted by molar-refractivity contribution is 5.49. The van der Waals surface area contributed by atoms with Gasteiger partial charge in [0.2, 0.25) is 0 Å². The Hall–Kier alpha value is -2.07. The lowest BCUT2D eigenvalue weighted by Gasteiger charge is -2.16. The number of pyridine rings is 1. The van der Waals surface area contributed by atoms with Gasteiger partial charge >= 0.3 is 0 Å². The Balaban J connectivity index is 1.89. The molecule has 1 aliphatic heterocycles. The van der Waals surface area contributed by atoms with Gasteiger partial charge in [-0.2, -0.15) is 0 Å². The van der Waals surface area contributed by atoms with Gasteiger partial charge in [0.15, 0.2) is 0 Å². The fourth-order valence-electron chi connectivity index (χ4n) is 2.74. The molecular weight excluding hydrogens is 266 g/mol. The van der Waals surface area contributed by atoms with Gasteiger partial charge in [0.1, 0.15) is 17.6 Å². The Bertz CT molecular complexity index is 627. The number of ether oxygens (including phenoxy) is 2. The molecule has 0 aliphatic carbocycles. The molecule has 0 saturated heterocycles. The molecule has 0 fully saturated rings. The summed E-state index contributed by atoms with van der Waals surface area (Å²) in [4.78, 5) is 3.99. The van der Waals surface area contributed by atoms with E-state index in [0.29, 0.717) is 12.2 Å². The molecule has 1 aromatic heterocycles. The molecule has 2 heterocycles. The topological polar surface area (TPSA) is 51.6 Å². The zero-order chi connectivity index (χ0) is 14.8. The van der Waals surface area contributed by atoms with Crippen LogP contribution in [0, 0.1) is 0 Å². The van der Waals surface area contributed by atoms with Crippen LogP contribution in [0.25, 0.3) is 0 Å². The van der Waals surface area contributed by atoms with Gasteiger partial charge in [-0.05, 0) is 36.8 Å². The van der Waals surface area contributed by atoms with Crippen molar-refractivity contribution in [2.45, 2.75) is 32.0 Å². The number of benzene rings is 1.